The van der Waals surface area contributed by atoms with Crippen LogP contribution < -0.4 is 16.2 Å². The highest BCUT2D eigenvalue weighted by atomic mass is 32.3. The first kappa shape index (κ1) is 41.6. The standard InChI is InChI=1S/C25H31N7O10S2.CH4.2H2S/c1-25(2)16(22(34)32(25)42-44(37,38)39)8-18(33)20(17-12-43-24(27)29-17)30-41-19(23(35)36)11-40-15-6-4-13(5-7-15)21(26)28-14-9-31(3)10-14;;;/h4-7,12,14,16,19H,8-11H2,1-3H3,(H2,26,28)(H2,27,29)(H,35,36)(H,37,38,39);1H4;2*1H2/b30-20-;;;/t16?,19-;;;/m0.../s1. The number of hydrogen-bond donors (Lipinski definition) is 4. The molecule has 4 rings (SSSR count). The Morgan fingerprint density at radius 1 is 1.21 bits per heavy atom. The van der Waals surface area contributed by atoms with Crippen LogP contribution in [0.5, 0.6) is 5.75 Å². The minimum Gasteiger partial charge on any atom is -0.489 e. The van der Waals surface area contributed by atoms with Crippen molar-refractivity contribution in [3.8, 4) is 5.75 Å². The molecule has 2 aliphatic rings. The van der Waals surface area contributed by atoms with Gasteiger partial charge in [0.2, 0.25) is 0 Å². The summed E-state index contributed by atoms with van der Waals surface area (Å²) in [5.74, 6) is -3.48. The van der Waals surface area contributed by atoms with Crippen molar-refractivity contribution in [3.05, 3.63) is 40.9 Å². The Morgan fingerprint density at radius 3 is 2.32 bits per heavy atom. The summed E-state index contributed by atoms with van der Waals surface area (Å²) in [6.45, 7) is 4.00. The second-order valence-electron chi connectivity index (χ2n) is 10.6. The highest BCUT2D eigenvalue weighted by Crippen LogP contribution is 2.40. The number of ether oxygens (including phenoxy) is 1. The zero-order chi connectivity index (χ0) is 32.4. The Labute approximate surface area is 289 Å². The van der Waals surface area contributed by atoms with E-state index < -0.39 is 64.4 Å². The van der Waals surface area contributed by atoms with Crippen LogP contribution in [0.1, 0.15) is 39.0 Å². The molecule has 47 heavy (non-hydrogen) atoms. The minimum atomic E-state index is -4.99. The van der Waals surface area contributed by atoms with E-state index in [1.54, 1.807) is 24.3 Å². The number of amidine groups is 1. The molecular formula is C26H39N7O10S4. The molecule has 1 aromatic carbocycles. The number of ketones is 1. The van der Waals surface area contributed by atoms with Gasteiger partial charge in [0.15, 0.2) is 16.6 Å². The molecule has 0 saturated carbocycles. The number of carbonyl (C=O) groups is 3. The van der Waals surface area contributed by atoms with Crippen molar-refractivity contribution < 1.29 is 46.3 Å². The number of aromatic nitrogens is 1. The number of benzene rings is 1. The van der Waals surface area contributed by atoms with E-state index in [1.807, 2.05) is 7.05 Å². The lowest BCUT2D eigenvalue weighted by Crippen LogP contribution is -2.68. The van der Waals surface area contributed by atoms with Gasteiger partial charge in [-0.15, -0.1) is 15.6 Å². The molecule has 2 aromatic rings. The molecular weight excluding hydrogens is 699 g/mol. The van der Waals surface area contributed by atoms with Crippen molar-refractivity contribution in [2.24, 2.45) is 21.8 Å². The van der Waals surface area contributed by atoms with E-state index in [0.29, 0.717) is 22.2 Å². The van der Waals surface area contributed by atoms with Gasteiger partial charge in [0, 0.05) is 30.5 Å². The topological polar surface area (TPSA) is 250 Å². The number of carboxylic acids is 1. The van der Waals surface area contributed by atoms with Gasteiger partial charge in [-0.25, -0.2) is 9.78 Å². The fourth-order valence-electron chi connectivity index (χ4n) is 4.46. The number of hydrogen-bond acceptors (Lipinski definition) is 14. The van der Waals surface area contributed by atoms with Gasteiger partial charge in [0.05, 0.1) is 17.5 Å². The number of anilines is 1. The van der Waals surface area contributed by atoms with Crippen LogP contribution >= 0.6 is 38.3 Å². The summed E-state index contributed by atoms with van der Waals surface area (Å²) in [7, 11) is -3.00. The fraction of sp³-hybridized carbons (Fsp3) is 0.462. The predicted octanol–water partition coefficient (Wildman–Crippen LogP) is 0.790. The number of Topliss-reactive ketones (excluding diaryl/α,β-unsaturated/α-hetero) is 1. The maximum Gasteiger partial charge on any atom is 0.418 e. The third kappa shape index (κ3) is 10.3. The van der Waals surface area contributed by atoms with Gasteiger partial charge in [-0.05, 0) is 45.2 Å². The number of likely N-dealkylation sites (N-methyl/N-ethyl adjacent to an activating group) is 1. The van der Waals surface area contributed by atoms with Crippen LogP contribution in [0, 0.1) is 5.92 Å². The Bertz CT molecular complexity index is 1590. The first-order valence-corrected chi connectivity index (χ1v) is 15.3. The van der Waals surface area contributed by atoms with Gasteiger partial charge in [0.1, 0.15) is 23.9 Å². The molecule has 2 aliphatic heterocycles. The number of nitrogens with zero attached hydrogens (tertiary/aromatic N) is 5. The van der Waals surface area contributed by atoms with E-state index in [1.165, 1.54) is 19.2 Å². The maximum atomic E-state index is 13.3. The minimum absolute atomic E-state index is 0. The zero-order valence-electron chi connectivity index (χ0n) is 24.8. The lowest BCUT2D eigenvalue weighted by molar-refractivity contribution is -0.228. The number of thiazole rings is 1. The highest BCUT2D eigenvalue weighted by Gasteiger charge is 2.57. The molecule has 0 radical (unpaired) electrons. The van der Waals surface area contributed by atoms with Gasteiger partial charge in [-0.3, -0.25) is 19.1 Å². The number of amides is 1. The van der Waals surface area contributed by atoms with Gasteiger partial charge in [0.25, 0.3) is 12.0 Å². The molecule has 2 fully saturated rings. The summed E-state index contributed by atoms with van der Waals surface area (Å²) in [5, 5.41) is 15.3. The normalized spacial score (nSPS) is 18.8. The van der Waals surface area contributed by atoms with E-state index in [4.69, 9.17) is 25.6 Å². The number of rotatable bonds is 14. The molecule has 262 valence electrons. The SMILES string of the molecule is C.CN1CC(N=C(N)c2ccc(OC[C@H](O/N=C(\C(=O)CC3C(=O)N(OS(=O)(=O)O)C3(C)C)c3csc(N)n3)C(=O)O)cc2)C1.S.S. The average Bonchev–Trinajstić information content (AvgIpc) is 3.36. The molecule has 1 unspecified atom stereocenters. The zero-order valence-corrected chi connectivity index (χ0v) is 28.4. The first-order chi connectivity index (χ1) is 20.5. The number of likely N-dealkylation sites (tertiary alicyclic amines) is 1. The van der Waals surface area contributed by atoms with Crippen LogP contribution in [0.3, 0.4) is 0 Å². The summed E-state index contributed by atoms with van der Waals surface area (Å²) >= 11 is 0.983. The summed E-state index contributed by atoms with van der Waals surface area (Å²) in [6, 6.07) is 6.68. The summed E-state index contributed by atoms with van der Waals surface area (Å²) in [6.07, 6.45) is -2.16. The lowest BCUT2D eigenvalue weighted by atomic mass is 9.74. The van der Waals surface area contributed by atoms with Gasteiger partial charge in [-0.1, -0.05) is 12.6 Å². The number of aliphatic carboxylic acids is 1. The van der Waals surface area contributed by atoms with Gasteiger partial charge in [-0.2, -0.15) is 40.5 Å². The Hall–Kier alpha value is -3.47. The molecule has 6 N–H and O–H groups in total. The van der Waals surface area contributed by atoms with Gasteiger partial charge < -0.3 is 31.0 Å². The third-order valence-electron chi connectivity index (χ3n) is 6.93. The number of carbonyl (C=O) groups excluding carboxylic acids is 2. The molecule has 0 bridgehead atoms. The quantitative estimate of drug-likeness (QED) is 0.0688. The second kappa shape index (κ2) is 16.6. The Balaban J connectivity index is 0.00000368. The Kier molecular flexibility index (Phi) is 14.7. The van der Waals surface area contributed by atoms with E-state index in [2.05, 4.69) is 24.3 Å². The average molecular weight is 738 g/mol. The van der Waals surface area contributed by atoms with Crippen LogP contribution in [0.15, 0.2) is 39.8 Å². The number of nitrogens with two attached hydrogens (primary N) is 2. The molecule has 0 spiro atoms. The molecule has 21 heteroatoms. The monoisotopic (exact) mass is 737 g/mol. The van der Waals surface area contributed by atoms with E-state index in [9.17, 15) is 27.9 Å². The molecule has 0 aliphatic carbocycles. The second-order valence-corrected chi connectivity index (χ2v) is 12.5. The number of hydroxylamine groups is 2. The van der Waals surface area contributed by atoms with E-state index >= 15 is 0 Å². The molecule has 3 heterocycles. The number of β-lactam (4-membered cyclic amide) rings is 1. The number of nitrogen functional groups attached to an aromatic ring is 1. The van der Waals surface area contributed by atoms with Crippen LogP contribution in [0.4, 0.5) is 5.13 Å². The van der Waals surface area contributed by atoms with Crippen LogP contribution in [0.25, 0.3) is 0 Å². The van der Waals surface area contributed by atoms with Crippen molar-refractivity contribution in [3.63, 3.8) is 0 Å². The fourth-order valence-corrected chi connectivity index (χ4v) is 5.46. The number of oxime groups is 1. The molecule has 17 nitrogen and oxygen atoms in total. The van der Waals surface area contributed by atoms with Crippen molar-refractivity contribution in [2.75, 3.05) is 32.5 Å². The molecule has 1 aromatic heterocycles. The summed E-state index contributed by atoms with van der Waals surface area (Å²) in [5.41, 5.74) is 10.7. The predicted molar refractivity (Wildman–Crippen MR) is 184 cm³/mol. The first-order valence-electron chi connectivity index (χ1n) is 13.0. The van der Waals surface area contributed by atoms with Crippen molar-refractivity contribution >= 4 is 83.1 Å². The van der Waals surface area contributed by atoms with Gasteiger partial charge >= 0.3 is 16.4 Å². The Morgan fingerprint density at radius 2 is 1.83 bits per heavy atom. The van der Waals surface area contributed by atoms with Crippen molar-refractivity contribution in [1.29, 1.82) is 0 Å². The third-order valence-corrected chi connectivity index (χ3v) is 7.94. The smallest absolute Gasteiger partial charge is 0.418 e. The molecule has 1 amide bonds. The maximum absolute atomic E-state index is 13.3. The number of carboxylic acid groups (broad SMARTS) is 1. The van der Waals surface area contributed by atoms with Crippen LogP contribution in [-0.4, -0.2) is 107 Å². The van der Waals surface area contributed by atoms with Crippen LogP contribution in [0.2, 0.25) is 0 Å². The molecule has 2 saturated heterocycles. The highest BCUT2D eigenvalue weighted by molar-refractivity contribution is 7.80. The molecule has 2 atom stereocenters. The van der Waals surface area contributed by atoms with E-state index in [-0.39, 0.29) is 51.3 Å². The van der Waals surface area contributed by atoms with Crippen molar-refractivity contribution in [1.82, 2.24) is 14.9 Å². The van der Waals surface area contributed by atoms with Crippen molar-refractivity contribution in [2.45, 2.75) is 45.4 Å². The largest absolute Gasteiger partial charge is 0.489 e. The number of aliphatic imine (C=N–C) groups is 1. The lowest BCUT2D eigenvalue weighted by Gasteiger charge is -2.50. The van der Waals surface area contributed by atoms with Crippen LogP contribution in [-0.2, 0) is 33.9 Å². The van der Waals surface area contributed by atoms with E-state index in [0.717, 1.165) is 24.4 Å². The summed E-state index contributed by atoms with van der Waals surface area (Å²) < 4.78 is 41.0. The summed E-state index contributed by atoms with van der Waals surface area (Å²) in [4.78, 5) is 53.5.